The van der Waals surface area contributed by atoms with E-state index in [2.05, 4.69) is 25.4 Å². The fourth-order valence-corrected chi connectivity index (χ4v) is 6.82. The number of aromatic nitrogens is 6. The van der Waals surface area contributed by atoms with Crippen LogP contribution in [-0.2, 0) is 22.8 Å². The topological polar surface area (TPSA) is 164 Å². The lowest BCUT2D eigenvalue weighted by molar-refractivity contribution is -0.141. The lowest BCUT2D eigenvalue weighted by Crippen LogP contribution is -2.53. The van der Waals surface area contributed by atoms with Gasteiger partial charge >= 0.3 is 12.3 Å². The molecule has 20 heteroatoms. The Balaban J connectivity index is 1.06. The molecule has 2 fully saturated rings. The average molecular weight is 814 g/mol. The fourth-order valence-electron chi connectivity index (χ4n) is 6.55. The third-order valence-electron chi connectivity index (χ3n) is 9.63. The van der Waals surface area contributed by atoms with E-state index in [1.165, 1.54) is 42.2 Å². The van der Waals surface area contributed by atoms with Gasteiger partial charge in [0.05, 0.1) is 46.1 Å². The van der Waals surface area contributed by atoms with Gasteiger partial charge in [0.25, 0.3) is 17.8 Å². The number of carbonyl (C=O) groups is 4. The molecule has 2 saturated heterocycles. The van der Waals surface area contributed by atoms with Crippen molar-refractivity contribution in [2.75, 3.05) is 63.6 Å². The van der Waals surface area contributed by atoms with Crippen LogP contribution in [0.25, 0.3) is 17.2 Å². The molecule has 6 rings (SSSR count). The molecule has 0 bridgehead atoms. The highest BCUT2D eigenvalue weighted by Crippen LogP contribution is 2.37. The van der Waals surface area contributed by atoms with Crippen LogP contribution in [0.5, 0.6) is 0 Å². The molecule has 16 nitrogen and oxygen atoms in total. The van der Waals surface area contributed by atoms with Gasteiger partial charge in [-0.1, -0.05) is 11.6 Å². The highest BCUT2D eigenvalue weighted by Gasteiger charge is 2.39. The van der Waals surface area contributed by atoms with E-state index < -0.39 is 23.4 Å². The normalized spacial score (nSPS) is 15.4. The Morgan fingerprint density at radius 2 is 1.53 bits per heavy atom. The van der Waals surface area contributed by atoms with Crippen LogP contribution >= 0.6 is 11.6 Å². The number of ether oxygens (including phenoxy) is 1. The molecule has 0 radical (unpaired) electrons. The molecule has 0 atom stereocenters. The van der Waals surface area contributed by atoms with Crippen molar-refractivity contribution in [1.29, 1.82) is 0 Å². The van der Waals surface area contributed by atoms with Gasteiger partial charge in [-0.15, -0.1) is 0 Å². The summed E-state index contributed by atoms with van der Waals surface area (Å²) in [5.74, 6) is -1.58. The number of hydrogen-bond acceptors (Lipinski definition) is 10. The molecule has 0 saturated carbocycles. The molecule has 2 aliphatic rings. The van der Waals surface area contributed by atoms with Gasteiger partial charge in [0.2, 0.25) is 5.91 Å². The number of alkyl halides is 3. The smallest absolute Gasteiger partial charge is 0.435 e. The molecule has 0 aliphatic carbocycles. The molecule has 0 unspecified atom stereocenters. The standard InChI is InChI=1S/C37H43ClF3N11O5/c1-36(2,3)57-35(56)51-11-9-22(10-12-51)32(54)49-13-15-50(16-14-49)33(55)25-8-7-23(17-27(25)38)45-31(53)30-42-20-28(48(30)6)26-21-52(46-29(26)37(39,40)41)34-43-18-24(19-44-34)47(4)5/h7-8,17-22H,9-16H2,1-6H3,(H,45,53). The van der Waals surface area contributed by atoms with Crippen LogP contribution in [0.3, 0.4) is 0 Å². The van der Waals surface area contributed by atoms with Crippen molar-refractivity contribution in [1.82, 2.24) is 44.0 Å². The maximum absolute atomic E-state index is 14.1. The van der Waals surface area contributed by atoms with E-state index in [1.54, 1.807) is 33.7 Å². The number of halogens is 4. The summed E-state index contributed by atoms with van der Waals surface area (Å²) in [5, 5.41) is 6.41. The highest BCUT2D eigenvalue weighted by atomic mass is 35.5. The van der Waals surface area contributed by atoms with Crippen LogP contribution in [0.4, 0.5) is 29.3 Å². The zero-order valence-corrected chi connectivity index (χ0v) is 33.1. The van der Waals surface area contributed by atoms with E-state index >= 15 is 0 Å². The summed E-state index contributed by atoms with van der Waals surface area (Å²) in [4.78, 5) is 71.5. The van der Waals surface area contributed by atoms with Gasteiger partial charge in [-0.3, -0.25) is 14.4 Å². The number of nitrogens with one attached hydrogen (secondary N) is 1. The van der Waals surface area contributed by atoms with E-state index in [1.807, 2.05) is 20.8 Å². The molecule has 304 valence electrons. The Kier molecular flexibility index (Phi) is 11.5. The first-order valence-electron chi connectivity index (χ1n) is 18.2. The minimum atomic E-state index is -4.85. The second-order valence-corrected chi connectivity index (χ2v) is 15.4. The molecule has 3 aromatic heterocycles. The zero-order valence-electron chi connectivity index (χ0n) is 32.3. The molecule has 1 aromatic carbocycles. The second kappa shape index (κ2) is 16.0. The van der Waals surface area contributed by atoms with Crippen molar-refractivity contribution in [3.8, 4) is 17.2 Å². The first kappa shape index (κ1) is 40.9. The van der Waals surface area contributed by atoms with Crippen molar-refractivity contribution in [3.05, 3.63) is 65.1 Å². The van der Waals surface area contributed by atoms with Gasteiger partial charge in [0.1, 0.15) is 5.60 Å². The third kappa shape index (κ3) is 9.13. The molecule has 5 heterocycles. The number of piperazine rings is 1. The van der Waals surface area contributed by atoms with Gasteiger partial charge in [-0.25, -0.2) is 24.4 Å². The van der Waals surface area contributed by atoms with Crippen LogP contribution in [0.2, 0.25) is 5.02 Å². The van der Waals surface area contributed by atoms with Crippen molar-refractivity contribution in [2.45, 2.75) is 45.4 Å². The van der Waals surface area contributed by atoms with Crippen molar-refractivity contribution in [3.63, 3.8) is 0 Å². The maximum Gasteiger partial charge on any atom is 0.435 e. The Labute approximate surface area is 331 Å². The predicted octanol–water partition coefficient (Wildman–Crippen LogP) is 4.98. The lowest BCUT2D eigenvalue weighted by atomic mass is 9.95. The van der Waals surface area contributed by atoms with E-state index in [0.717, 1.165) is 17.1 Å². The summed E-state index contributed by atoms with van der Waals surface area (Å²) in [6.45, 7) is 7.56. The summed E-state index contributed by atoms with van der Waals surface area (Å²) >= 11 is 6.53. The highest BCUT2D eigenvalue weighted by molar-refractivity contribution is 6.34. The molecule has 0 spiro atoms. The van der Waals surface area contributed by atoms with Crippen molar-refractivity contribution >= 4 is 46.8 Å². The Morgan fingerprint density at radius 3 is 2.11 bits per heavy atom. The minimum absolute atomic E-state index is 0.000332. The third-order valence-corrected chi connectivity index (χ3v) is 9.94. The Morgan fingerprint density at radius 1 is 0.895 bits per heavy atom. The average Bonchev–Trinajstić information content (AvgIpc) is 3.78. The van der Waals surface area contributed by atoms with Crippen LogP contribution in [0, 0.1) is 5.92 Å². The number of nitrogens with zero attached hydrogens (tertiary/aromatic N) is 10. The lowest BCUT2D eigenvalue weighted by Gasteiger charge is -2.38. The van der Waals surface area contributed by atoms with Gasteiger partial charge in [-0.2, -0.15) is 18.3 Å². The number of carbonyl (C=O) groups excluding carboxylic acids is 4. The minimum Gasteiger partial charge on any atom is -0.444 e. The summed E-state index contributed by atoms with van der Waals surface area (Å²) in [5.41, 5.74) is -1.13. The number of benzene rings is 1. The van der Waals surface area contributed by atoms with E-state index in [0.29, 0.717) is 57.8 Å². The molecular formula is C37H43ClF3N11O5. The van der Waals surface area contributed by atoms with Crippen LogP contribution in [-0.4, -0.2) is 127 Å². The number of likely N-dealkylation sites (tertiary alicyclic amines) is 1. The number of hydrogen-bond donors (Lipinski definition) is 1. The number of rotatable bonds is 7. The van der Waals surface area contributed by atoms with Gasteiger partial charge in [-0.05, 0) is 51.8 Å². The van der Waals surface area contributed by atoms with Gasteiger partial charge in [0.15, 0.2) is 11.5 Å². The summed E-state index contributed by atoms with van der Waals surface area (Å²) < 4.78 is 50.0. The quantitative estimate of drug-likeness (QED) is 0.269. The monoisotopic (exact) mass is 813 g/mol. The second-order valence-electron chi connectivity index (χ2n) is 15.0. The van der Waals surface area contributed by atoms with Gasteiger partial charge in [0, 0.05) is 78.2 Å². The molecule has 57 heavy (non-hydrogen) atoms. The van der Waals surface area contributed by atoms with Crippen molar-refractivity contribution in [2.24, 2.45) is 13.0 Å². The van der Waals surface area contributed by atoms with Gasteiger partial charge < -0.3 is 34.2 Å². The largest absolute Gasteiger partial charge is 0.444 e. The molecule has 4 amide bonds. The molecule has 4 aromatic rings. The Hall–Kier alpha value is -5.72. The number of anilines is 2. The first-order valence-corrected chi connectivity index (χ1v) is 18.5. The Bertz CT molecular complexity index is 2150. The van der Waals surface area contributed by atoms with E-state index in [9.17, 15) is 32.3 Å². The number of amides is 4. The number of imidazole rings is 1. The SMILES string of the molecule is CN(C)c1cnc(-n2cc(-c3cnc(C(=O)Nc4ccc(C(=O)N5CCN(C(=O)C6CCN(C(=O)OC(C)(C)C)CC6)CC5)c(Cl)c4)n3C)c(C(F)(F)F)n2)nc1. The van der Waals surface area contributed by atoms with Crippen LogP contribution in [0.15, 0.2) is 43.0 Å². The summed E-state index contributed by atoms with van der Waals surface area (Å²) in [6, 6.07) is 4.35. The van der Waals surface area contributed by atoms with E-state index in [4.69, 9.17) is 16.3 Å². The van der Waals surface area contributed by atoms with E-state index in [-0.39, 0.29) is 63.1 Å². The summed E-state index contributed by atoms with van der Waals surface area (Å²) in [7, 11) is 4.94. The number of piperidine rings is 1. The van der Waals surface area contributed by atoms with Crippen LogP contribution < -0.4 is 10.2 Å². The first-order chi connectivity index (χ1) is 26.8. The zero-order chi connectivity index (χ0) is 41.4. The van der Waals surface area contributed by atoms with Crippen LogP contribution in [0.1, 0.15) is 60.3 Å². The molecule has 2 aliphatic heterocycles. The maximum atomic E-state index is 14.1. The predicted molar refractivity (Wildman–Crippen MR) is 203 cm³/mol. The summed E-state index contributed by atoms with van der Waals surface area (Å²) in [6.07, 6.45) is 0.996. The van der Waals surface area contributed by atoms with Crippen molar-refractivity contribution < 1.29 is 37.1 Å². The molecular weight excluding hydrogens is 771 g/mol. The molecule has 1 N–H and O–H groups in total. The fraction of sp³-hybridized carbons (Fsp3) is 0.459.